The van der Waals surface area contributed by atoms with Crippen LogP contribution in [0.1, 0.15) is 23.6 Å². The van der Waals surface area contributed by atoms with E-state index in [2.05, 4.69) is 5.32 Å². The summed E-state index contributed by atoms with van der Waals surface area (Å²) in [4.78, 5) is 38.7. The second kappa shape index (κ2) is 8.24. The standard InChI is InChI=1S/C21H19IN2O5/c1-4-29-17-10-13(9-15(22)18(17)25)8-14-19(26)23-21(28)24(20(14)27)16-6-5-11(2)7-12(16)3/h5-10,25H,4H2,1-3H3,(H,23,26,28)/b14-8+. The number of nitrogens with one attached hydrogen (secondary N) is 1. The van der Waals surface area contributed by atoms with E-state index in [4.69, 9.17) is 4.74 Å². The fraction of sp³-hybridized carbons (Fsp3) is 0.190. The molecule has 0 bridgehead atoms. The lowest BCUT2D eigenvalue weighted by molar-refractivity contribution is -0.122. The van der Waals surface area contributed by atoms with E-state index in [-0.39, 0.29) is 17.1 Å². The van der Waals surface area contributed by atoms with Gasteiger partial charge in [0.2, 0.25) is 0 Å². The molecule has 3 rings (SSSR count). The molecule has 0 atom stereocenters. The van der Waals surface area contributed by atoms with Gasteiger partial charge in [-0.05, 0) is 78.8 Å². The highest BCUT2D eigenvalue weighted by Gasteiger charge is 2.37. The molecule has 29 heavy (non-hydrogen) atoms. The highest BCUT2D eigenvalue weighted by molar-refractivity contribution is 14.1. The van der Waals surface area contributed by atoms with Crippen LogP contribution in [0.2, 0.25) is 0 Å². The van der Waals surface area contributed by atoms with Crippen LogP contribution in [0.15, 0.2) is 35.9 Å². The van der Waals surface area contributed by atoms with E-state index < -0.39 is 17.8 Å². The summed E-state index contributed by atoms with van der Waals surface area (Å²) in [5, 5.41) is 12.3. The van der Waals surface area contributed by atoms with Gasteiger partial charge in [-0.3, -0.25) is 14.9 Å². The van der Waals surface area contributed by atoms with Crippen molar-refractivity contribution < 1.29 is 24.2 Å². The SMILES string of the molecule is CCOc1cc(/C=C2\C(=O)NC(=O)N(c3ccc(C)cc3C)C2=O)cc(I)c1O. The second-order valence-corrected chi connectivity index (χ2v) is 7.69. The van der Waals surface area contributed by atoms with Crippen LogP contribution in [-0.2, 0) is 9.59 Å². The predicted octanol–water partition coefficient (Wildman–Crippen LogP) is 3.68. The summed E-state index contributed by atoms with van der Waals surface area (Å²) in [7, 11) is 0. The minimum Gasteiger partial charge on any atom is -0.504 e. The van der Waals surface area contributed by atoms with Crippen molar-refractivity contribution in [1.82, 2.24) is 5.32 Å². The van der Waals surface area contributed by atoms with Gasteiger partial charge in [0.25, 0.3) is 11.8 Å². The zero-order valence-corrected chi connectivity index (χ0v) is 18.2. The number of carbonyl (C=O) groups is 3. The molecule has 2 aromatic rings. The van der Waals surface area contributed by atoms with Crippen molar-refractivity contribution in [3.63, 3.8) is 0 Å². The zero-order chi connectivity index (χ0) is 21.3. The van der Waals surface area contributed by atoms with E-state index in [1.807, 2.05) is 35.6 Å². The number of imide groups is 2. The summed E-state index contributed by atoms with van der Waals surface area (Å²) in [6.07, 6.45) is 1.38. The van der Waals surface area contributed by atoms with E-state index in [0.717, 1.165) is 16.0 Å². The number of benzene rings is 2. The molecule has 0 spiro atoms. The Balaban J connectivity index is 2.06. The van der Waals surface area contributed by atoms with Crippen molar-refractivity contribution in [2.45, 2.75) is 20.8 Å². The van der Waals surface area contributed by atoms with Crippen LogP contribution >= 0.6 is 22.6 Å². The fourth-order valence-corrected chi connectivity index (χ4v) is 3.67. The second-order valence-electron chi connectivity index (χ2n) is 6.53. The first-order chi connectivity index (χ1) is 13.7. The summed E-state index contributed by atoms with van der Waals surface area (Å²) < 4.78 is 5.91. The number of rotatable bonds is 4. The van der Waals surface area contributed by atoms with E-state index in [1.165, 1.54) is 12.1 Å². The van der Waals surface area contributed by atoms with Crippen molar-refractivity contribution in [3.05, 3.63) is 56.2 Å². The maximum Gasteiger partial charge on any atom is 0.335 e. The third kappa shape index (κ3) is 4.12. The topological polar surface area (TPSA) is 95.9 Å². The van der Waals surface area contributed by atoms with Crippen molar-refractivity contribution in [3.8, 4) is 11.5 Å². The number of nitrogens with zero attached hydrogens (tertiary/aromatic N) is 1. The third-order valence-corrected chi connectivity index (χ3v) is 5.18. The molecule has 0 saturated carbocycles. The van der Waals surface area contributed by atoms with Gasteiger partial charge in [-0.25, -0.2) is 9.69 Å². The fourth-order valence-electron chi connectivity index (χ4n) is 3.04. The maximum absolute atomic E-state index is 13.0. The molecule has 8 heteroatoms. The lowest BCUT2D eigenvalue weighted by Gasteiger charge is -2.27. The van der Waals surface area contributed by atoms with E-state index in [9.17, 15) is 19.5 Å². The molecule has 1 fully saturated rings. The Morgan fingerprint density at radius 3 is 2.55 bits per heavy atom. The molecule has 2 N–H and O–H groups in total. The lowest BCUT2D eigenvalue weighted by atomic mass is 10.0. The van der Waals surface area contributed by atoms with Gasteiger partial charge >= 0.3 is 6.03 Å². The summed E-state index contributed by atoms with van der Waals surface area (Å²) in [6.45, 7) is 5.83. The molecule has 0 aliphatic carbocycles. The maximum atomic E-state index is 13.0. The first-order valence-electron chi connectivity index (χ1n) is 8.87. The van der Waals surface area contributed by atoms with Crippen LogP contribution in [0.5, 0.6) is 11.5 Å². The molecule has 1 heterocycles. The number of aromatic hydroxyl groups is 1. The molecule has 0 aromatic heterocycles. The average molecular weight is 506 g/mol. The molecular formula is C21H19IN2O5. The molecule has 2 aromatic carbocycles. The number of anilines is 1. The molecule has 0 radical (unpaired) electrons. The van der Waals surface area contributed by atoms with E-state index in [1.54, 1.807) is 32.0 Å². The molecule has 150 valence electrons. The Hall–Kier alpha value is -2.88. The number of barbiturate groups is 1. The Morgan fingerprint density at radius 2 is 1.90 bits per heavy atom. The van der Waals surface area contributed by atoms with Crippen LogP contribution < -0.4 is 15.0 Å². The number of halogens is 1. The van der Waals surface area contributed by atoms with Crippen LogP contribution in [0.25, 0.3) is 6.08 Å². The van der Waals surface area contributed by atoms with Crippen molar-refractivity contribution in [2.75, 3.05) is 11.5 Å². The van der Waals surface area contributed by atoms with Crippen LogP contribution in [-0.4, -0.2) is 29.6 Å². The predicted molar refractivity (Wildman–Crippen MR) is 117 cm³/mol. The van der Waals surface area contributed by atoms with Gasteiger partial charge in [0.1, 0.15) is 5.57 Å². The highest BCUT2D eigenvalue weighted by Crippen LogP contribution is 2.34. The van der Waals surface area contributed by atoms with Gasteiger partial charge < -0.3 is 9.84 Å². The van der Waals surface area contributed by atoms with Crippen molar-refractivity contribution in [1.29, 1.82) is 0 Å². The zero-order valence-electron chi connectivity index (χ0n) is 16.1. The summed E-state index contributed by atoms with van der Waals surface area (Å²) in [5.41, 5.74) is 2.44. The number of carbonyl (C=O) groups excluding carboxylic acids is 3. The number of phenolic OH excluding ortho intramolecular Hbond substituents is 1. The van der Waals surface area contributed by atoms with Gasteiger partial charge in [0, 0.05) is 0 Å². The summed E-state index contributed by atoms with van der Waals surface area (Å²) in [6, 6.07) is 7.67. The number of ether oxygens (including phenoxy) is 1. The molecule has 1 aliphatic rings. The summed E-state index contributed by atoms with van der Waals surface area (Å²) >= 11 is 1.93. The van der Waals surface area contributed by atoms with Crippen molar-refractivity contribution in [2.24, 2.45) is 0 Å². The number of amides is 4. The molecule has 1 aliphatic heterocycles. The van der Waals surface area contributed by atoms with Gasteiger partial charge in [0.05, 0.1) is 15.9 Å². The number of hydrogen-bond acceptors (Lipinski definition) is 5. The summed E-state index contributed by atoms with van der Waals surface area (Å²) in [5.74, 6) is -1.26. The first-order valence-corrected chi connectivity index (χ1v) is 9.94. The largest absolute Gasteiger partial charge is 0.504 e. The van der Waals surface area contributed by atoms with Gasteiger partial charge in [0.15, 0.2) is 11.5 Å². The smallest absolute Gasteiger partial charge is 0.335 e. The van der Waals surface area contributed by atoms with Crippen LogP contribution in [0, 0.1) is 17.4 Å². The number of urea groups is 1. The van der Waals surface area contributed by atoms with Gasteiger partial charge in [-0.15, -0.1) is 0 Å². The number of phenols is 1. The Kier molecular flexibility index (Phi) is 5.92. The van der Waals surface area contributed by atoms with Crippen LogP contribution in [0.3, 0.4) is 0 Å². The molecule has 4 amide bonds. The van der Waals surface area contributed by atoms with E-state index in [0.29, 0.717) is 21.4 Å². The Labute approximate surface area is 181 Å². The number of hydrogen-bond donors (Lipinski definition) is 2. The minimum absolute atomic E-state index is 0.0129. The first kappa shape index (κ1) is 20.8. The monoisotopic (exact) mass is 506 g/mol. The average Bonchev–Trinajstić information content (AvgIpc) is 2.64. The van der Waals surface area contributed by atoms with Crippen LogP contribution in [0.4, 0.5) is 10.5 Å². The molecule has 0 unspecified atom stereocenters. The van der Waals surface area contributed by atoms with Gasteiger partial charge in [-0.1, -0.05) is 17.7 Å². The quantitative estimate of drug-likeness (QED) is 0.375. The number of aryl methyl sites for hydroxylation is 2. The highest BCUT2D eigenvalue weighted by atomic mass is 127. The molecule has 1 saturated heterocycles. The minimum atomic E-state index is -0.792. The Morgan fingerprint density at radius 1 is 1.17 bits per heavy atom. The molecular weight excluding hydrogens is 487 g/mol. The molecule has 7 nitrogen and oxygen atoms in total. The Bertz CT molecular complexity index is 1060. The third-order valence-electron chi connectivity index (χ3n) is 4.36. The van der Waals surface area contributed by atoms with Gasteiger partial charge in [-0.2, -0.15) is 0 Å². The van der Waals surface area contributed by atoms with Crippen molar-refractivity contribution >= 4 is 52.2 Å². The lowest BCUT2D eigenvalue weighted by Crippen LogP contribution is -2.54. The normalized spacial score (nSPS) is 15.7. The van der Waals surface area contributed by atoms with E-state index >= 15 is 0 Å².